The van der Waals surface area contributed by atoms with Crippen molar-refractivity contribution in [3.8, 4) is 0 Å². The Morgan fingerprint density at radius 3 is 2.71 bits per heavy atom. The standard InChI is InChI=1S/C10H16FN3O2S/c1-8(14(2)3)7-13-17(15,16)10-9(11)5-4-6-12-10/h4-6,8,13H,7H2,1-3H3. The highest BCUT2D eigenvalue weighted by Gasteiger charge is 2.21. The Morgan fingerprint density at radius 2 is 2.18 bits per heavy atom. The minimum absolute atomic E-state index is 0.0107. The first-order valence-corrected chi connectivity index (χ1v) is 6.59. The van der Waals surface area contributed by atoms with Gasteiger partial charge < -0.3 is 4.90 Å². The van der Waals surface area contributed by atoms with Gasteiger partial charge in [0.15, 0.2) is 5.82 Å². The van der Waals surface area contributed by atoms with Crippen LogP contribution in [0.2, 0.25) is 0 Å². The van der Waals surface area contributed by atoms with Gasteiger partial charge in [0, 0.05) is 18.8 Å². The van der Waals surface area contributed by atoms with E-state index in [0.29, 0.717) is 0 Å². The predicted octanol–water partition coefficient (Wildman–Crippen LogP) is 0.449. The van der Waals surface area contributed by atoms with E-state index in [-0.39, 0.29) is 12.6 Å². The third kappa shape index (κ3) is 3.72. The molecule has 0 saturated heterocycles. The highest BCUT2D eigenvalue weighted by molar-refractivity contribution is 7.89. The number of sulfonamides is 1. The molecule has 0 aliphatic carbocycles. The quantitative estimate of drug-likeness (QED) is 0.836. The molecule has 0 aromatic carbocycles. The second-order valence-electron chi connectivity index (χ2n) is 3.95. The van der Waals surface area contributed by atoms with E-state index in [1.807, 2.05) is 25.9 Å². The first kappa shape index (κ1) is 14.0. The van der Waals surface area contributed by atoms with Gasteiger partial charge >= 0.3 is 0 Å². The average Bonchev–Trinajstić information content (AvgIpc) is 2.26. The van der Waals surface area contributed by atoms with Gasteiger partial charge in [0.05, 0.1) is 0 Å². The van der Waals surface area contributed by atoms with Gasteiger partial charge in [-0.1, -0.05) is 0 Å². The van der Waals surface area contributed by atoms with Crippen LogP contribution in [0.4, 0.5) is 4.39 Å². The van der Waals surface area contributed by atoms with Gasteiger partial charge in [0.25, 0.3) is 10.0 Å². The van der Waals surface area contributed by atoms with Crippen LogP contribution in [0.3, 0.4) is 0 Å². The Hall–Kier alpha value is -1.05. The smallest absolute Gasteiger partial charge is 0.261 e. The lowest BCUT2D eigenvalue weighted by Gasteiger charge is -2.19. The van der Waals surface area contributed by atoms with Gasteiger partial charge in [-0.2, -0.15) is 0 Å². The molecule has 5 nitrogen and oxygen atoms in total. The normalized spacial score (nSPS) is 13.9. The van der Waals surface area contributed by atoms with E-state index in [9.17, 15) is 12.8 Å². The van der Waals surface area contributed by atoms with Crippen LogP contribution < -0.4 is 4.72 Å². The summed E-state index contributed by atoms with van der Waals surface area (Å²) < 4.78 is 39.1. The molecule has 17 heavy (non-hydrogen) atoms. The molecule has 1 rings (SSSR count). The lowest BCUT2D eigenvalue weighted by atomic mass is 10.3. The third-order valence-corrected chi connectivity index (χ3v) is 3.79. The van der Waals surface area contributed by atoms with Crippen LogP contribution in [-0.4, -0.2) is 45.0 Å². The van der Waals surface area contributed by atoms with Crippen LogP contribution in [0.15, 0.2) is 23.4 Å². The van der Waals surface area contributed by atoms with E-state index in [1.54, 1.807) is 0 Å². The second-order valence-corrected chi connectivity index (χ2v) is 5.64. The van der Waals surface area contributed by atoms with Crippen LogP contribution in [0.1, 0.15) is 6.92 Å². The molecule has 1 aromatic rings. The zero-order chi connectivity index (χ0) is 13.1. The molecule has 0 spiro atoms. The van der Waals surface area contributed by atoms with Crippen molar-refractivity contribution in [2.75, 3.05) is 20.6 Å². The molecule has 0 aliphatic heterocycles. The number of likely N-dealkylation sites (N-methyl/N-ethyl adjacent to an activating group) is 1. The third-order valence-electron chi connectivity index (χ3n) is 2.43. The molecule has 0 saturated carbocycles. The van der Waals surface area contributed by atoms with Crippen molar-refractivity contribution in [3.05, 3.63) is 24.1 Å². The molecule has 0 radical (unpaired) electrons. The molecular formula is C10H16FN3O2S. The van der Waals surface area contributed by atoms with Crippen molar-refractivity contribution in [2.45, 2.75) is 18.0 Å². The number of nitrogens with one attached hydrogen (secondary N) is 1. The maximum absolute atomic E-state index is 13.3. The fourth-order valence-corrected chi connectivity index (χ4v) is 2.17. The van der Waals surface area contributed by atoms with Crippen LogP contribution in [-0.2, 0) is 10.0 Å². The summed E-state index contributed by atoms with van der Waals surface area (Å²) >= 11 is 0. The largest absolute Gasteiger partial charge is 0.305 e. The first-order valence-electron chi connectivity index (χ1n) is 5.11. The van der Waals surface area contributed by atoms with Crippen LogP contribution >= 0.6 is 0 Å². The van der Waals surface area contributed by atoms with Crippen LogP contribution in [0.5, 0.6) is 0 Å². The number of halogens is 1. The van der Waals surface area contributed by atoms with E-state index in [2.05, 4.69) is 9.71 Å². The molecule has 96 valence electrons. The van der Waals surface area contributed by atoms with Crippen molar-refractivity contribution < 1.29 is 12.8 Å². The SMILES string of the molecule is CC(CNS(=O)(=O)c1ncccc1F)N(C)C. The van der Waals surface area contributed by atoms with Gasteiger partial charge in [-0.3, -0.25) is 0 Å². The van der Waals surface area contributed by atoms with Crippen molar-refractivity contribution >= 4 is 10.0 Å². The van der Waals surface area contributed by atoms with Gasteiger partial charge in [-0.05, 0) is 33.2 Å². The molecule has 0 fully saturated rings. The Kier molecular flexibility index (Phi) is 4.55. The predicted molar refractivity (Wildman–Crippen MR) is 62.5 cm³/mol. The number of aromatic nitrogens is 1. The summed E-state index contributed by atoms with van der Waals surface area (Å²) in [4.78, 5) is 5.39. The summed E-state index contributed by atoms with van der Waals surface area (Å²) in [6.07, 6.45) is 1.24. The molecule has 0 aliphatic rings. The summed E-state index contributed by atoms with van der Waals surface area (Å²) in [5.41, 5.74) is 0. The molecular weight excluding hydrogens is 245 g/mol. The van der Waals surface area contributed by atoms with Gasteiger partial charge in [0.2, 0.25) is 5.03 Å². The maximum atomic E-state index is 13.3. The fraction of sp³-hybridized carbons (Fsp3) is 0.500. The Labute approximate surface area is 101 Å². The van der Waals surface area contributed by atoms with E-state index in [0.717, 1.165) is 6.07 Å². The number of pyridine rings is 1. The lowest BCUT2D eigenvalue weighted by molar-refractivity contribution is 0.313. The Bertz CT molecular complexity index is 476. The lowest BCUT2D eigenvalue weighted by Crippen LogP contribution is -2.38. The Balaban J connectivity index is 2.80. The maximum Gasteiger partial charge on any atom is 0.261 e. The monoisotopic (exact) mass is 261 g/mol. The van der Waals surface area contributed by atoms with Crippen molar-refractivity contribution in [1.29, 1.82) is 0 Å². The van der Waals surface area contributed by atoms with Gasteiger partial charge in [-0.15, -0.1) is 0 Å². The summed E-state index contributed by atoms with van der Waals surface area (Å²) in [6.45, 7) is 2.06. The van der Waals surface area contributed by atoms with Crippen molar-refractivity contribution in [3.63, 3.8) is 0 Å². The summed E-state index contributed by atoms with van der Waals surface area (Å²) in [5, 5.41) is -0.564. The van der Waals surface area contributed by atoms with E-state index < -0.39 is 20.9 Å². The molecule has 0 bridgehead atoms. The molecule has 7 heteroatoms. The molecule has 1 aromatic heterocycles. The summed E-state index contributed by atoms with van der Waals surface area (Å²) in [5.74, 6) is -0.850. The summed E-state index contributed by atoms with van der Waals surface area (Å²) in [6, 6.07) is 2.42. The number of nitrogens with zero attached hydrogens (tertiary/aromatic N) is 2. The molecule has 1 unspecified atom stereocenters. The zero-order valence-corrected chi connectivity index (χ0v) is 10.8. The molecule has 0 amide bonds. The van der Waals surface area contributed by atoms with E-state index in [1.165, 1.54) is 12.3 Å². The number of rotatable bonds is 5. The number of hydrogen-bond donors (Lipinski definition) is 1. The molecule has 1 N–H and O–H groups in total. The van der Waals surface area contributed by atoms with Gasteiger partial charge in [-0.25, -0.2) is 22.5 Å². The first-order chi connectivity index (χ1) is 7.84. The minimum Gasteiger partial charge on any atom is -0.305 e. The minimum atomic E-state index is -3.88. The van der Waals surface area contributed by atoms with Gasteiger partial charge in [0.1, 0.15) is 0 Å². The topological polar surface area (TPSA) is 62.3 Å². The van der Waals surface area contributed by atoms with E-state index in [4.69, 9.17) is 0 Å². The van der Waals surface area contributed by atoms with Crippen molar-refractivity contribution in [1.82, 2.24) is 14.6 Å². The Morgan fingerprint density at radius 1 is 1.53 bits per heavy atom. The summed E-state index contributed by atoms with van der Waals surface area (Å²) in [7, 11) is -0.215. The zero-order valence-electron chi connectivity index (χ0n) is 10.0. The number of hydrogen-bond acceptors (Lipinski definition) is 4. The highest BCUT2D eigenvalue weighted by Crippen LogP contribution is 2.09. The van der Waals surface area contributed by atoms with E-state index >= 15 is 0 Å². The van der Waals surface area contributed by atoms with Crippen LogP contribution in [0.25, 0.3) is 0 Å². The van der Waals surface area contributed by atoms with Crippen molar-refractivity contribution in [2.24, 2.45) is 0 Å². The van der Waals surface area contributed by atoms with Crippen LogP contribution in [0, 0.1) is 5.82 Å². The average molecular weight is 261 g/mol. The second kappa shape index (κ2) is 5.52. The fourth-order valence-electron chi connectivity index (χ4n) is 1.05. The molecule has 1 atom stereocenters. The molecule has 1 heterocycles. The highest BCUT2D eigenvalue weighted by atomic mass is 32.2.